The second-order valence-corrected chi connectivity index (χ2v) is 8.68. The third kappa shape index (κ3) is 5.69. The number of esters is 1. The zero-order valence-corrected chi connectivity index (χ0v) is 18.2. The van der Waals surface area contributed by atoms with Crippen LogP contribution >= 0.6 is 11.3 Å². The van der Waals surface area contributed by atoms with Gasteiger partial charge >= 0.3 is 5.97 Å². The first kappa shape index (κ1) is 22.0. The Morgan fingerprint density at radius 3 is 2.43 bits per heavy atom. The highest BCUT2D eigenvalue weighted by Gasteiger charge is 2.30. The molecular weight excluding hydrogens is 400 g/mol. The molecule has 0 saturated carbocycles. The highest BCUT2D eigenvalue weighted by Crippen LogP contribution is 2.22. The van der Waals surface area contributed by atoms with E-state index in [1.807, 2.05) is 49.1 Å². The van der Waals surface area contributed by atoms with Gasteiger partial charge in [-0.05, 0) is 50.1 Å². The molecule has 1 fully saturated rings. The summed E-state index contributed by atoms with van der Waals surface area (Å²) in [5.74, 6) is -1.12. The molecule has 0 aliphatic carbocycles. The summed E-state index contributed by atoms with van der Waals surface area (Å²) in [5.41, 5.74) is 0.899. The Labute approximate surface area is 181 Å². The Bertz CT molecular complexity index is 843. The van der Waals surface area contributed by atoms with Gasteiger partial charge in [0.05, 0.1) is 4.88 Å². The normalized spacial score (nSPS) is 19.7. The van der Waals surface area contributed by atoms with Crippen LogP contribution in [0.5, 0.6) is 0 Å². The number of benzene rings is 1. The summed E-state index contributed by atoms with van der Waals surface area (Å²) in [7, 11) is 0. The Balaban J connectivity index is 1.65. The van der Waals surface area contributed by atoms with Gasteiger partial charge in [0.25, 0.3) is 11.8 Å². The predicted molar refractivity (Wildman–Crippen MR) is 116 cm³/mol. The molecule has 160 valence electrons. The molecular formula is C23H28N2O4S. The lowest BCUT2D eigenvalue weighted by Crippen LogP contribution is -2.50. The summed E-state index contributed by atoms with van der Waals surface area (Å²) in [6.45, 7) is 3.73. The van der Waals surface area contributed by atoms with Crippen LogP contribution in [0.1, 0.15) is 48.3 Å². The monoisotopic (exact) mass is 428 g/mol. The topological polar surface area (TPSA) is 75.7 Å². The van der Waals surface area contributed by atoms with Crippen molar-refractivity contribution in [2.24, 2.45) is 0 Å². The van der Waals surface area contributed by atoms with Gasteiger partial charge in [0, 0.05) is 18.5 Å². The maximum Gasteiger partial charge on any atom is 0.329 e. The number of hydrogen-bond acceptors (Lipinski definition) is 5. The molecule has 1 aromatic heterocycles. The van der Waals surface area contributed by atoms with Gasteiger partial charge in [-0.25, -0.2) is 4.79 Å². The van der Waals surface area contributed by atoms with Gasteiger partial charge in [-0.3, -0.25) is 9.59 Å². The SMILES string of the molecule is CC1CCCC(C)N1C(=O)COC(=O)[C@H](Cc1ccccc1)NC(=O)c1cccs1. The van der Waals surface area contributed by atoms with E-state index in [9.17, 15) is 14.4 Å². The van der Waals surface area contributed by atoms with Crippen LogP contribution < -0.4 is 5.32 Å². The van der Waals surface area contributed by atoms with Crippen LogP contribution in [0.4, 0.5) is 0 Å². The Morgan fingerprint density at radius 1 is 1.10 bits per heavy atom. The lowest BCUT2D eigenvalue weighted by Gasteiger charge is -2.38. The fourth-order valence-electron chi connectivity index (χ4n) is 3.90. The van der Waals surface area contributed by atoms with Crippen LogP contribution in [-0.2, 0) is 20.7 Å². The summed E-state index contributed by atoms with van der Waals surface area (Å²) in [6, 6.07) is 12.3. The summed E-state index contributed by atoms with van der Waals surface area (Å²) in [6.07, 6.45) is 3.30. The summed E-state index contributed by atoms with van der Waals surface area (Å²) >= 11 is 1.30. The van der Waals surface area contributed by atoms with Gasteiger partial charge < -0.3 is 15.0 Å². The van der Waals surface area contributed by atoms with Crippen molar-refractivity contribution in [3.05, 3.63) is 58.3 Å². The van der Waals surface area contributed by atoms with Crippen molar-refractivity contribution in [1.29, 1.82) is 0 Å². The fourth-order valence-corrected chi connectivity index (χ4v) is 4.53. The molecule has 1 N–H and O–H groups in total. The second-order valence-electron chi connectivity index (χ2n) is 7.73. The van der Waals surface area contributed by atoms with E-state index >= 15 is 0 Å². The van der Waals surface area contributed by atoms with Crippen LogP contribution in [0, 0.1) is 0 Å². The van der Waals surface area contributed by atoms with Crippen molar-refractivity contribution in [3.8, 4) is 0 Å². The van der Waals surface area contributed by atoms with Crippen molar-refractivity contribution >= 4 is 29.1 Å². The van der Waals surface area contributed by atoms with Crippen LogP contribution in [0.15, 0.2) is 47.8 Å². The van der Waals surface area contributed by atoms with E-state index in [4.69, 9.17) is 4.74 Å². The molecule has 3 atom stereocenters. The van der Waals surface area contributed by atoms with Crippen molar-refractivity contribution in [3.63, 3.8) is 0 Å². The lowest BCUT2D eigenvalue weighted by molar-refractivity contribution is -0.156. The highest BCUT2D eigenvalue weighted by molar-refractivity contribution is 7.12. The number of rotatable bonds is 7. The van der Waals surface area contributed by atoms with Gasteiger partial charge in [0.15, 0.2) is 6.61 Å². The molecule has 2 aromatic rings. The van der Waals surface area contributed by atoms with Crippen molar-refractivity contribution < 1.29 is 19.1 Å². The standard InChI is InChI=1S/C23H28N2O4S/c1-16-8-6-9-17(2)25(16)21(26)15-29-23(28)19(14-18-10-4-3-5-11-18)24-22(27)20-12-7-13-30-20/h3-5,7,10-13,16-17,19H,6,8-9,14-15H2,1-2H3,(H,24,27)/t16?,17?,19-/m0/s1. The number of carbonyl (C=O) groups is 3. The average molecular weight is 429 g/mol. The number of nitrogens with one attached hydrogen (secondary N) is 1. The molecule has 0 spiro atoms. The maximum atomic E-state index is 12.8. The lowest BCUT2D eigenvalue weighted by atomic mass is 9.97. The van der Waals surface area contributed by atoms with Crippen LogP contribution in [0.25, 0.3) is 0 Å². The molecule has 0 radical (unpaired) electrons. The number of thiophene rings is 1. The molecule has 2 heterocycles. The molecule has 1 saturated heterocycles. The van der Waals surface area contributed by atoms with Crippen LogP contribution in [-0.4, -0.2) is 47.4 Å². The van der Waals surface area contributed by atoms with Crippen molar-refractivity contribution in [1.82, 2.24) is 10.2 Å². The van der Waals surface area contributed by atoms with E-state index in [1.54, 1.807) is 17.5 Å². The number of piperidine rings is 1. The molecule has 1 aliphatic heterocycles. The van der Waals surface area contributed by atoms with E-state index in [-0.39, 0.29) is 30.5 Å². The van der Waals surface area contributed by atoms with E-state index in [0.717, 1.165) is 24.8 Å². The summed E-state index contributed by atoms with van der Waals surface area (Å²) < 4.78 is 5.36. The molecule has 1 aromatic carbocycles. The number of nitrogens with zero attached hydrogens (tertiary/aromatic N) is 1. The molecule has 3 rings (SSSR count). The zero-order valence-electron chi connectivity index (χ0n) is 17.4. The minimum atomic E-state index is -0.869. The zero-order chi connectivity index (χ0) is 21.5. The highest BCUT2D eigenvalue weighted by atomic mass is 32.1. The smallest absolute Gasteiger partial charge is 0.329 e. The first-order chi connectivity index (χ1) is 14.5. The quantitative estimate of drug-likeness (QED) is 0.686. The largest absolute Gasteiger partial charge is 0.454 e. The number of likely N-dealkylation sites (tertiary alicyclic amines) is 1. The minimum Gasteiger partial charge on any atom is -0.454 e. The minimum absolute atomic E-state index is 0.138. The Kier molecular flexibility index (Phi) is 7.63. The van der Waals surface area contributed by atoms with E-state index in [0.29, 0.717) is 11.3 Å². The van der Waals surface area contributed by atoms with Crippen molar-refractivity contribution in [2.45, 2.75) is 57.7 Å². The number of amides is 2. The van der Waals surface area contributed by atoms with E-state index in [1.165, 1.54) is 11.3 Å². The molecule has 30 heavy (non-hydrogen) atoms. The van der Waals surface area contributed by atoms with Gasteiger partial charge in [0.2, 0.25) is 0 Å². The molecule has 0 bridgehead atoms. The number of hydrogen-bond donors (Lipinski definition) is 1. The summed E-state index contributed by atoms with van der Waals surface area (Å²) in [4.78, 5) is 40.3. The first-order valence-corrected chi connectivity index (χ1v) is 11.2. The molecule has 6 nitrogen and oxygen atoms in total. The average Bonchev–Trinajstić information content (AvgIpc) is 3.27. The molecule has 1 aliphatic rings. The van der Waals surface area contributed by atoms with Crippen LogP contribution in [0.3, 0.4) is 0 Å². The van der Waals surface area contributed by atoms with Crippen molar-refractivity contribution in [2.75, 3.05) is 6.61 Å². The third-order valence-corrected chi connectivity index (χ3v) is 6.31. The maximum absolute atomic E-state index is 12.8. The van der Waals surface area contributed by atoms with Gasteiger partial charge in [0.1, 0.15) is 6.04 Å². The van der Waals surface area contributed by atoms with E-state index in [2.05, 4.69) is 5.32 Å². The fraction of sp³-hybridized carbons (Fsp3) is 0.435. The summed E-state index contributed by atoms with van der Waals surface area (Å²) in [5, 5.41) is 4.57. The molecule has 2 unspecified atom stereocenters. The molecule has 7 heteroatoms. The first-order valence-electron chi connectivity index (χ1n) is 10.3. The second kappa shape index (κ2) is 10.4. The number of ether oxygens (including phenoxy) is 1. The Hall–Kier alpha value is -2.67. The van der Waals surface area contributed by atoms with Crippen LogP contribution in [0.2, 0.25) is 0 Å². The van der Waals surface area contributed by atoms with E-state index < -0.39 is 12.0 Å². The van der Waals surface area contributed by atoms with Gasteiger partial charge in [-0.1, -0.05) is 36.4 Å². The third-order valence-electron chi connectivity index (χ3n) is 5.44. The predicted octanol–water partition coefficient (Wildman–Crippen LogP) is 3.42. The molecule has 2 amide bonds. The number of carbonyl (C=O) groups excluding carboxylic acids is 3. The van der Waals surface area contributed by atoms with Gasteiger partial charge in [-0.15, -0.1) is 11.3 Å². The Morgan fingerprint density at radius 2 is 1.80 bits per heavy atom. The van der Waals surface area contributed by atoms with Gasteiger partial charge in [-0.2, -0.15) is 0 Å².